The van der Waals surface area contributed by atoms with Crippen molar-refractivity contribution in [1.82, 2.24) is 4.98 Å². The summed E-state index contributed by atoms with van der Waals surface area (Å²) in [5.74, 6) is 0.168. The second-order valence-corrected chi connectivity index (χ2v) is 8.96. The molecule has 6 rings (SSSR count). The summed E-state index contributed by atoms with van der Waals surface area (Å²) in [6.07, 6.45) is 5.41. The molecule has 0 N–H and O–H groups in total. The van der Waals surface area contributed by atoms with Crippen LogP contribution in [0.2, 0.25) is 0 Å². The zero-order chi connectivity index (χ0) is 23.4. The fraction of sp³-hybridized carbons (Fsp3) is 0.167. The normalized spacial score (nSPS) is 19.7. The van der Waals surface area contributed by atoms with E-state index in [1.165, 1.54) is 11.1 Å². The third-order valence-electron chi connectivity index (χ3n) is 7.02. The van der Waals surface area contributed by atoms with Gasteiger partial charge in [0.15, 0.2) is 0 Å². The van der Waals surface area contributed by atoms with Gasteiger partial charge in [0, 0.05) is 33.5 Å². The highest BCUT2D eigenvalue weighted by atomic mass is 16.3. The number of aryl methyl sites for hydroxylation is 2. The van der Waals surface area contributed by atoms with Crippen molar-refractivity contribution in [3.63, 3.8) is 0 Å². The first-order valence-electron chi connectivity index (χ1n) is 11.6. The predicted molar refractivity (Wildman–Crippen MR) is 140 cm³/mol. The van der Waals surface area contributed by atoms with Crippen LogP contribution < -0.4 is 0 Å². The Hall–Kier alpha value is -4.05. The number of benzene rings is 2. The molecule has 0 amide bonds. The molecule has 34 heavy (non-hydrogen) atoms. The molecular weight excluding hydrogens is 418 g/mol. The maximum atomic E-state index is 6.16. The highest BCUT2D eigenvalue weighted by Crippen LogP contribution is 2.41. The minimum Gasteiger partial charge on any atom is -0.438 e. The maximum absolute atomic E-state index is 6.16. The number of aromatic nitrogens is 1. The van der Waals surface area contributed by atoms with Crippen molar-refractivity contribution in [3.05, 3.63) is 114 Å². The predicted octanol–water partition coefficient (Wildman–Crippen LogP) is 6.87. The highest BCUT2D eigenvalue weighted by molar-refractivity contribution is 6.16. The molecule has 2 aliphatic heterocycles. The monoisotopic (exact) mass is 443 g/mol. The molecule has 0 fully saturated rings. The van der Waals surface area contributed by atoms with Gasteiger partial charge in [-0.2, -0.15) is 0 Å². The average molecular weight is 444 g/mol. The minimum atomic E-state index is -0.145. The van der Waals surface area contributed by atoms with E-state index in [1.54, 1.807) is 0 Å². The van der Waals surface area contributed by atoms with Gasteiger partial charge >= 0.3 is 0 Å². The van der Waals surface area contributed by atoms with E-state index in [2.05, 4.69) is 61.1 Å². The number of hydrogen-bond acceptors (Lipinski definition) is 4. The molecule has 2 atom stereocenters. The third-order valence-corrected chi connectivity index (χ3v) is 7.02. The van der Waals surface area contributed by atoms with Crippen LogP contribution in [0, 0.1) is 6.92 Å². The molecule has 0 saturated carbocycles. The van der Waals surface area contributed by atoms with Crippen LogP contribution in [-0.2, 0) is 6.42 Å². The Bertz CT molecular complexity index is 1580. The number of furan rings is 1. The Labute approximate surface area is 198 Å². The van der Waals surface area contributed by atoms with Gasteiger partial charge in [-0.3, -0.25) is 9.98 Å². The molecule has 0 saturated heterocycles. The van der Waals surface area contributed by atoms with Crippen molar-refractivity contribution < 1.29 is 4.42 Å². The maximum Gasteiger partial charge on any atom is 0.227 e. The van der Waals surface area contributed by atoms with Gasteiger partial charge < -0.3 is 4.42 Å². The third kappa shape index (κ3) is 3.02. The van der Waals surface area contributed by atoms with Gasteiger partial charge in [0.2, 0.25) is 5.71 Å². The second-order valence-electron chi connectivity index (χ2n) is 8.96. The van der Waals surface area contributed by atoms with Crippen LogP contribution in [0.25, 0.3) is 22.1 Å². The zero-order valence-electron chi connectivity index (χ0n) is 19.2. The Morgan fingerprint density at radius 3 is 2.62 bits per heavy atom. The number of allylic oxidation sites excluding steroid dienone is 2. The van der Waals surface area contributed by atoms with Gasteiger partial charge in [-0.25, -0.2) is 4.98 Å². The number of aliphatic imine (C=N–C) groups is 2. The molecule has 2 aromatic heterocycles. The number of hydrogen-bond donors (Lipinski definition) is 0. The zero-order valence-corrected chi connectivity index (χ0v) is 19.2. The van der Waals surface area contributed by atoms with Crippen LogP contribution >= 0.6 is 0 Å². The van der Waals surface area contributed by atoms with Crippen molar-refractivity contribution in [2.45, 2.75) is 31.7 Å². The number of pyridine rings is 1. The van der Waals surface area contributed by atoms with E-state index in [1.807, 2.05) is 31.2 Å². The molecule has 0 spiro atoms. The average Bonchev–Trinajstić information content (AvgIpc) is 3.24. The molecule has 2 aromatic carbocycles. The van der Waals surface area contributed by atoms with Crippen LogP contribution in [0.3, 0.4) is 0 Å². The van der Waals surface area contributed by atoms with Crippen molar-refractivity contribution in [2.75, 3.05) is 0 Å². The SMILES string of the molecule is C=CC1=NC2C(=C)N=C(C=C)c3ccc4oc5nc(C)ccc5c4c3CCC2c2ccccc21. The molecule has 4 nitrogen and oxygen atoms in total. The summed E-state index contributed by atoms with van der Waals surface area (Å²) in [4.78, 5) is 14.7. The summed E-state index contributed by atoms with van der Waals surface area (Å²) in [5.41, 5.74) is 9.61. The summed E-state index contributed by atoms with van der Waals surface area (Å²) in [6.45, 7) is 14.4. The molecule has 4 heteroatoms. The van der Waals surface area contributed by atoms with E-state index in [0.29, 0.717) is 5.71 Å². The van der Waals surface area contributed by atoms with Crippen LogP contribution in [0.15, 0.2) is 101 Å². The van der Waals surface area contributed by atoms with E-state index < -0.39 is 0 Å². The number of rotatable bonds is 2. The summed E-state index contributed by atoms with van der Waals surface area (Å²) in [5, 5.41) is 2.14. The Kier molecular flexibility index (Phi) is 4.70. The molecule has 2 aliphatic rings. The van der Waals surface area contributed by atoms with E-state index in [-0.39, 0.29) is 12.0 Å². The number of nitrogens with zero attached hydrogens (tertiary/aromatic N) is 3. The molecule has 2 unspecified atom stereocenters. The first kappa shape index (κ1) is 20.5. The van der Waals surface area contributed by atoms with Gasteiger partial charge in [-0.15, -0.1) is 0 Å². The Morgan fingerprint density at radius 1 is 0.971 bits per heavy atom. The standard InChI is InChI=1S/C30H25N3O/c1-5-25-21-15-16-27-28(24-12-11-17(3)31-30(24)34-27)22(21)13-14-23-19-9-7-8-10-20(19)26(6-2)33-29(23)18(4)32-25/h5-12,15-16,23,29H,1-2,4,13-14H2,3H3. The van der Waals surface area contributed by atoms with Crippen molar-refractivity contribution in [3.8, 4) is 0 Å². The van der Waals surface area contributed by atoms with E-state index in [4.69, 9.17) is 14.4 Å². The van der Waals surface area contributed by atoms with Crippen molar-refractivity contribution >= 4 is 33.5 Å². The highest BCUT2D eigenvalue weighted by Gasteiger charge is 2.33. The van der Waals surface area contributed by atoms with E-state index in [0.717, 1.165) is 63.1 Å². The largest absolute Gasteiger partial charge is 0.438 e. The fourth-order valence-corrected chi connectivity index (χ4v) is 5.46. The van der Waals surface area contributed by atoms with E-state index in [9.17, 15) is 0 Å². The summed E-state index contributed by atoms with van der Waals surface area (Å²) < 4.78 is 6.16. The first-order valence-corrected chi connectivity index (χ1v) is 11.6. The summed E-state index contributed by atoms with van der Waals surface area (Å²) in [6, 6.07) is 16.6. The van der Waals surface area contributed by atoms with Gasteiger partial charge in [-0.05, 0) is 67.3 Å². The molecule has 4 heterocycles. The molecule has 4 aromatic rings. The molecule has 0 bridgehead atoms. The summed E-state index contributed by atoms with van der Waals surface area (Å²) >= 11 is 0. The Balaban J connectivity index is 1.60. The lowest BCUT2D eigenvalue weighted by molar-refractivity contribution is 0.541. The lowest BCUT2D eigenvalue weighted by atomic mass is 9.79. The topological polar surface area (TPSA) is 50.8 Å². The molecular formula is C30H25N3O. The molecule has 0 radical (unpaired) electrons. The van der Waals surface area contributed by atoms with Crippen molar-refractivity contribution in [2.24, 2.45) is 9.98 Å². The summed E-state index contributed by atoms with van der Waals surface area (Å²) in [7, 11) is 0. The van der Waals surface area contributed by atoms with Crippen molar-refractivity contribution in [1.29, 1.82) is 0 Å². The second kappa shape index (κ2) is 7.77. The smallest absolute Gasteiger partial charge is 0.227 e. The van der Waals surface area contributed by atoms with Crippen LogP contribution in [0.1, 0.15) is 40.3 Å². The van der Waals surface area contributed by atoms with Gasteiger partial charge in [0.05, 0.1) is 23.2 Å². The van der Waals surface area contributed by atoms with Crippen LogP contribution in [0.4, 0.5) is 0 Å². The molecule has 166 valence electrons. The van der Waals surface area contributed by atoms with E-state index >= 15 is 0 Å². The van der Waals surface area contributed by atoms with Gasteiger partial charge in [0.25, 0.3) is 0 Å². The van der Waals surface area contributed by atoms with Crippen LogP contribution in [-0.4, -0.2) is 22.4 Å². The quantitative estimate of drug-likeness (QED) is 0.340. The number of fused-ring (bicyclic) bond motifs is 8. The fourth-order valence-electron chi connectivity index (χ4n) is 5.46. The lowest BCUT2D eigenvalue weighted by Crippen LogP contribution is -2.27. The first-order chi connectivity index (χ1) is 16.6. The van der Waals surface area contributed by atoms with Gasteiger partial charge in [-0.1, -0.05) is 44.0 Å². The minimum absolute atomic E-state index is 0.145. The van der Waals surface area contributed by atoms with Gasteiger partial charge in [0.1, 0.15) is 5.58 Å². The molecule has 0 aliphatic carbocycles. The Morgan fingerprint density at radius 2 is 1.79 bits per heavy atom. The lowest BCUT2D eigenvalue weighted by Gasteiger charge is -2.31. The van der Waals surface area contributed by atoms with Crippen LogP contribution in [0.5, 0.6) is 0 Å².